The highest BCUT2D eigenvalue weighted by Gasteiger charge is 2.31. The van der Waals surface area contributed by atoms with Crippen molar-refractivity contribution in [2.45, 2.75) is 6.54 Å². The Kier molecular flexibility index (Phi) is 6.02. The van der Waals surface area contributed by atoms with E-state index in [1.807, 2.05) is 17.0 Å². The molecule has 5 rings (SSSR count). The van der Waals surface area contributed by atoms with Crippen LogP contribution in [0.1, 0.15) is 15.9 Å². The minimum Gasteiger partial charge on any atom is -0.366 e. The third-order valence-corrected chi connectivity index (χ3v) is 6.71. The van der Waals surface area contributed by atoms with Crippen LogP contribution in [-0.4, -0.2) is 82.0 Å². The maximum absolute atomic E-state index is 12.8. The largest absolute Gasteiger partial charge is 0.366 e. The van der Waals surface area contributed by atoms with E-state index in [9.17, 15) is 9.59 Å². The van der Waals surface area contributed by atoms with Crippen molar-refractivity contribution >= 4 is 34.7 Å². The zero-order chi connectivity index (χ0) is 23.7. The van der Waals surface area contributed by atoms with Crippen LogP contribution in [0.25, 0.3) is 17.0 Å². The molecule has 0 unspecified atom stereocenters. The average Bonchev–Trinajstić information content (AvgIpc) is 3.24. The summed E-state index contributed by atoms with van der Waals surface area (Å²) in [4.78, 5) is 39.4. The van der Waals surface area contributed by atoms with Crippen LogP contribution in [0.2, 0.25) is 0 Å². The molecule has 2 N–H and O–H groups in total. The molecule has 0 bridgehead atoms. The van der Waals surface area contributed by atoms with Gasteiger partial charge in [-0.2, -0.15) is 0 Å². The molecule has 2 amide bonds. The van der Waals surface area contributed by atoms with Crippen LogP contribution in [0.5, 0.6) is 0 Å². The second-order valence-corrected chi connectivity index (χ2v) is 9.05. The van der Waals surface area contributed by atoms with Crippen LogP contribution in [0.3, 0.4) is 0 Å². The summed E-state index contributed by atoms with van der Waals surface area (Å²) < 4.78 is 2.18. The Labute approximate surface area is 198 Å². The molecule has 2 saturated heterocycles. The zero-order valence-corrected chi connectivity index (χ0v) is 19.1. The number of nitrogens with zero attached hydrogens (tertiary/aromatic N) is 6. The number of anilines is 1. The lowest BCUT2D eigenvalue weighted by molar-refractivity contribution is -0.134. The maximum Gasteiger partial charge on any atom is 0.248 e. The lowest BCUT2D eigenvalue weighted by Gasteiger charge is -2.41. The number of carbonyl (C=O) groups is 2. The smallest absolute Gasteiger partial charge is 0.248 e. The fraction of sp³-hybridized carbons (Fsp3) is 0.360. The van der Waals surface area contributed by atoms with Gasteiger partial charge in [0.2, 0.25) is 17.8 Å². The maximum atomic E-state index is 12.8. The predicted octanol–water partition coefficient (Wildman–Crippen LogP) is 1.45. The van der Waals surface area contributed by atoms with Gasteiger partial charge in [0, 0.05) is 87.0 Å². The molecule has 9 heteroatoms. The number of fused-ring (bicyclic) bond motifs is 1. The summed E-state index contributed by atoms with van der Waals surface area (Å²) in [6.07, 6.45) is 7.30. The van der Waals surface area contributed by atoms with Crippen molar-refractivity contribution in [1.82, 2.24) is 24.3 Å². The van der Waals surface area contributed by atoms with Gasteiger partial charge in [-0.15, -0.1) is 0 Å². The molecule has 0 atom stereocenters. The molecule has 3 aromatic rings. The normalized spacial score (nSPS) is 17.1. The highest BCUT2D eigenvalue weighted by Crippen LogP contribution is 2.23. The average molecular weight is 460 g/mol. The van der Waals surface area contributed by atoms with Gasteiger partial charge in [-0.25, -0.2) is 9.97 Å². The zero-order valence-electron chi connectivity index (χ0n) is 19.1. The molecule has 2 fully saturated rings. The Balaban J connectivity index is 1.09. The van der Waals surface area contributed by atoms with E-state index in [1.165, 1.54) is 0 Å². The molecule has 2 aliphatic rings. The first-order valence-electron chi connectivity index (χ1n) is 11.6. The molecule has 0 aliphatic carbocycles. The van der Waals surface area contributed by atoms with Gasteiger partial charge in [0.05, 0.1) is 6.54 Å². The van der Waals surface area contributed by atoms with Crippen LogP contribution in [0.15, 0.2) is 49.4 Å². The van der Waals surface area contributed by atoms with Gasteiger partial charge in [0.15, 0.2) is 0 Å². The number of hydrogen-bond donors (Lipinski definition) is 1. The van der Waals surface area contributed by atoms with E-state index in [-0.39, 0.29) is 5.91 Å². The number of primary amides is 1. The Morgan fingerprint density at radius 3 is 2.50 bits per heavy atom. The van der Waals surface area contributed by atoms with E-state index in [0.29, 0.717) is 37.1 Å². The van der Waals surface area contributed by atoms with Gasteiger partial charge < -0.3 is 20.1 Å². The number of likely N-dealkylation sites (tertiary alicyclic amines) is 1. The topological polar surface area (TPSA) is 101 Å². The number of nitrogens with two attached hydrogens (primary N) is 1. The van der Waals surface area contributed by atoms with Crippen LogP contribution < -0.4 is 10.6 Å². The summed E-state index contributed by atoms with van der Waals surface area (Å²) in [6, 6.07) is 7.60. The Morgan fingerprint density at radius 2 is 1.82 bits per heavy atom. The molecule has 0 saturated carbocycles. The van der Waals surface area contributed by atoms with E-state index in [1.54, 1.807) is 24.5 Å². The Bertz CT molecular complexity index is 1210. The SMILES string of the molecule is C=Cc1cnc(N2CCN(C(=O)CN3CC(Cn4ccc5ccc(C(N)=O)cc54)C3)CC2)nc1. The van der Waals surface area contributed by atoms with Crippen molar-refractivity contribution in [3.63, 3.8) is 0 Å². The number of piperazine rings is 1. The van der Waals surface area contributed by atoms with Gasteiger partial charge in [-0.3, -0.25) is 14.5 Å². The highest BCUT2D eigenvalue weighted by atomic mass is 16.2. The molecule has 0 radical (unpaired) electrons. The number of rotatable bonds is 7. The first-order chi connectivity index (χ1) is 16.5. The summed E-state index contributed by atoms with van der Waals surface area (Å²) in [5.74, 6) is 0.942. The first kappa shape index (κ1) is 22.1. The second kappa shape index (κ2) is 9.26. The molecule has 2 aliphatic heterocycles. The van der Waals surface area contributed by atoms with E-state index in [0.717, 1.165) is 49.2 Å². The number of aromatic nitrogens is 3. The van der Waals surface area contributed by atoms with Gasteiger partial charge in [-0.1, -0.05) is 18.7 Å². The van der Waals surface area contributed by atoms with E-state index in [4.69, 9.17) is 5.73 Å². The molecular weight excluding hydrogens is 430 g/mol. The molecule has 4 heterocycles. The van der Waals surface area contributed by atoms with Crippen LogP contribution in [0.4, 0.5) is 5.95 Å². The first-order valence-corrected chi connectivity index (χ1v) is 11.6. The van der Waals surface area contributed by atoms with Crippen molar-refractivity contribution in [2.24, 2.45) is 11.7 Å². The fourth-order valence-corrected chi connectivity index (χ4v) is 4.74. The summed E-state index contributed by atoms with van der Waals surface area (Å²) in [5, 5.41) is 1.09. The van der Waals surface area contributed by atoms with E-state index in [2.05, 4.69) is 43.2 Å². The summed E-state index contributed by atoms with van der Waals surface area (Å²) >= 11 is 0. The van der Waals surface area contributed by atoms with Crippen molar-refractivity contribution < 1.29 is 9.59 Å². The lowest BCUT2D eigenvalue weighted by Crippen LogP contribution is -2.55. The standard InChI is InChI=1S/C25H29N7O2/c1-2-18-12-27-25(28-13-18)31-9-7-30(8-10-31)23(33)17-29-14-19(15-29)16-32-6-5-20-3-4-21(24(26)34)11-22(20)32/h2-6,11-13,19H,1,7-10,14-17H2,(H2,26,34). The van der Waals surface area contributed by atoms with Gasteiger partial charge in [-0.05, 0) is 23.6 Å². The number of hydrogen-bond acceptors (Lipinski definition) is 6. The van der Waals surface area contributed by atoms with E-state index < -0.39 is 5.91 Å². The predicted molar refractivity (Wildman–Crippen MR) is 131 cm³/mol. The molecule has 176 valence electrons. The van der Waals surface area contributed by atoms with E-state index >= 15 is 0 Å². The molecule has 2 aromatic heterocycles. The minimum atomic E-state index is -0.415. The summed E-state index contributed by atoms with van der Waals surface area (Å²) in [6.45, 7) is 9.65. The Morgan fingerprint density at radius 1 is 1.09 bits per heavy atom. The van der Waals surface area contributed by atoms with Gasteiger partial charge >= 0.3 is 0 Å². The van der Waals surface area contributed by atoms with Gasteiger partial charge in [0.1, 0.15) is 0 Å². The number of amides is 2. The monoisotopic (exact) mass is 459 g/mol. The van der Waals surface area contributed by atoms with Crippen LogP contribution in [-0.2, 0) is 11.3 Å². The van der Waals surface area contributed by atoms with Crippen molar-refractivity contribution in [2.75, 3.05) is 50.7 Å². The third-order valence-electron chi connectivity index (χ3n) is 6.71. The molecule has 1 aromatic carbocycles. The fourth-order valence-electron chi connectivity index (χ4n) is 4.74. The van der Waals surface area contributed by atoms with Crippen LogP contribution >= 0.6 is 0 Å². The van der Waals surface area contributed by atoms with Crippen LogP contribution in [0, 0.1) is 5.92 Å². The van der Waals surface area contributed by atoms with Crippen molar-refractivity contribution in [3.8, 4) is 0 Å². The Hall–Kier alpha value is -3.72. The summed E-state index contributed by atoms with van der Waals surface area (Å²) in [7, 11) is 0. The molecular formula is C25H29N7O2. The minimum absolute atomic E-state index is 0.179. The molecule has 34 heavy (non-hydrogen) atoms. The number of benzene rings is 1. The molecule has 9 nitrogen and oxygen atoms in total. The number of carbonyl (C=O) groups excluding carboxylic acids is 2. The van der Waals surface area contributed by atoms with Gasteiger partial charge in [0.25, 0.3) is 0 Å². The van der Waals surface area contributed by atoms with Crippen molar-refractivity contribution in [1.29, 1.82) is 0 Å². The van der Waals surface area contributed by atoms with Crippen molar-refractivity contribution in [3.05, 3.63) is 60.6 Å². The third kappa shape index (κ3) is 4.51. The second-order valence-electron chi connectivity index (χ2n) is 9.05. The molecule has 0 spiro atoms. The lowest BCUT2D eigenvalue weighted by atomic mass is 10.00. The summed E-state index contributed by atoms with van der Waals surface area (Å²) in [5.41, 5.74) is 7.87. The highest BCUT2D eigenvalue weighted by molar-refractivity contribution is 5.97. The quantitative estimate of drug-likeness (QED) is 0.574.